The van der Waals surface area contributed by atoms with E-state index in [9.17, 15) is 9.59 Å². The van der Waals surface area contributed by atoms with Gasteiger partial charge in [0.15, 0.2) is 0 Å². The highest BCUT2D eigenvalue weighted by Crippen LogP contribution is 2.17. The maximum atomic E-state index is 11.5. The van der Waals surface area contributed by atoms with Crippen LogP contribution in [0.15, 0.2) is 41.2 Å². The first kappa shape index (κ1) is 13.8. The van der Waals surface area contributed by atoms with Crippen molar-refractivity contribution in [1.82, 2.24) is 9.78 Å². The van der Waals surface area contributed by atoms with Gasteiger partial charge in [-0.05, 0) is 25.1 Å². The summed E-state index contributed by atoms with van der Waals surface area (Å²) in [6.45, 7) is 2.21. The Morgan fingerprint density at radius 1 is 1.30 bits per heavy atom. The molecule has 0 spiro atoms. The Morgan fingerprint density at radius 3 is 2.80 bits per heavy atom. The number of rotatable bonds is 5. The molecular formula is C14H14N2O4. The fraction of sp³-hybridized carbons (Fsp3) is 0.214. The molecule has 0 fully saturated rings. The van der Waals surface area contributed by atoms with Crippen molar-refractivity contribution in [1.29, 1.82) is 0 Å². The van der Waals surface area contributed by atoms with E-state index in [0.29, 0.717) is 0 Å². The Bertz CT molecular complexity index is 679. The Labute approximate surface area is 115 Å². The summed E-state index contributed by atoms with van der Waals surface area (Å²) in [7, 11) is 0. The van der Waals surface area contributed by atoms with Gasteiger partial charge >= 0.3 is 5.97 Å². The third kappa shape index (κ3) is 3.23. The standard InChI is InChI=1S/C14H14N2O4/c1-10-6-7-13(17)16(15-10)8-9-20-12-5-3-2-4-11(12)14(18)19/h2-7H,8-9H2,1H3,(H,18,19). The molecule has 0 bridgehead atoms. The highest BCUT2D eigenvalue weighted by molar-refractivity contribution is 5.90. The van der Waals surface area contributed by atoms with Gasteiger partial charge in [-0.15, -0.1) is 0 Å². The first-order valence-corrected chi connectivity index (χ1v) is 6.08. The Kier molecular flexibility index (Phi) is 4.14. The fourth-order valence-corrected chi connectivity index (χ4v) is 1.72. The molecule has 2 rings (SSSR count). The predicted molar refractivity (Wildman–Crippen MR) is 72.1 cm³/mol. The lowest BCUT2D eigenvalue weighted by molar-refractivity contribution is 0.0692. The zero-order chi connectivity index (χ0) is 14.5. The molecule has 0 radical (unpaired) electrons. The predicted octanol–water partition coefficient (Wildman–Crippen LogP) is 1.33. The van der Waals surface area contributed by atoms with Crippen molar-refractivity contribution in [2.45, 2.75) is 13.5 Å². The van der Waals surface area contributed by atoms with Crippen LogP contribution in [0.4, 0.5) is 0 Å². The number of carboxylic acids is 1. The summed E-state index contributed by atoms with van der Waals surface area (Å²) in [6.07, 6.45) is 0. The molecule has 0 saturated heterocycles. The number of para-hydroxylation sites is 1. The van der Waals surface area contributed by atoms with Crippen molar-refractivity contribution in [3.8, 4) is 5.75 Å². The van der Waals surface area contributed by atoms with Crippen LogP contribution in [0, 0.1) is 6.92 Å². The van der Waals surface area contributed by atoms with Crippen molar-refractivity contribution in [3.05, 3.63) is 58.0 Å². The van der Waals surface area contributed by atoms with Gasteiger partial charge in [-0.2, -0.15) is 5.10 Å². The average Bonchev–Trinajstić information content (AvgIpc) is 2.43. The lowest BCUT2D eigenvalue weighted by atomic mass is 10.2. The normalized spacial score (nSPS) is 10.2. The molecule has 104 valence electrons. The molecule has 0 aliphatic rings. The third-order valence-corrected chi connectivity index (χ3v) is 2.68. The quantitative estimate of drug-likeness (QED) is 0.889. The lowest BCUT2D eigenvalue weighted by Crippen LogP contribution is -2.25. The van der Waals surface area contributed by atoms with E-state index >= 15 is 0 Å². The summed E-state index contributed by atoms with van der Waals surface area (Å²) in [5.41, 5.74) is 0.610. The van der Waals surface area contributed by atoms with Crippen LogP contribution in [0.1, 0.15) is 16.1 Å². The van der Waals surface area contributed by atoms with Crippen molar-refractivity contribution >= 4 is 5.97 Å². The van der Waals surface area contributed by atoms with Gasteiger partial charge in [-0.25, -0.2) is 9.48 Å². The SMILES string of the molecule is Cc1ccc(=O)n(CCOc2ccccc2C(=O)O)n1. The fourth-order valence-electron chi connectivity index (χ4n) is 1.72. The number of aryl methyl sites for hydroxylation is 1. The van der Waals surface area contributed by atoms with E-state index in [2.05, 4.69) is 5.10 Å². The molecule has 1 aromatic heterocycles. The smallest absolute Gasteiger partial charge is 0.339 e. The van der Waals surface area contributed by atoms with Crippen LogP contribution in [-0.2, 0) is 6.54 Å². The van der Waals surface area contributed by atoms with Crippen LogP contribution >= 0.6 is 0 Å². The molecule has 20 heavy (non-hydrogen) atoms. The number of hydrogen-bond acceptors (Lipinski definition) is 4. The van der Waals surface area contributed by atoms with Crippen LogP contribution in [0.25, 0.3) is 0 Å². The maximum Gasteiger partial charge on any atom is 0.339 e. The largest absolute Gasteiger partial charge is 0.491 e. The van der Waals surface area contributed by atoms with E-state index in [1.54, 1.807) is 31.2 Å². The number of carbonyl (C=O) groups is 1. The molecular weight excluding hydrogens is 260 g/mol. The van der Waals surface area contributed by atoms with Crippen molar-refractivity contribution in [3.63, 3.8) is 0 Å². The van der Waals surface area contributed by atoms with Gasteiger partial charge in [0.05, 0.1) is 12.2 Å². The molecule has 0 amide bonds. The van der Waals surface area contributed by atoms with Crippen molar-refractivity contribution in [2.24, 2.45) is 0 Å². The lowest BCUT2D eigenvalue weighted by Gasteiger charge is -2.09. The topological polar surface area (TPSA) is 81.4 Å². The van der Waals surface area contributed by atoms with Gasteiger partial charge in [0, 0.05) is 6.07 Å². The van der Waals surface area contributed by atoms with Crippen LogP contribution in [0.3, 0.4) is 0 Å². The minimum Gasteiger partial charge on any atom is -0.491 e. The van der Waals surface area contributed by atoms with E-state index in [0.717, 1.165) is 5.69 Å². The van der Waals surface area contributed by atoms with Crippen LogP contribution in [0.5, 0.6) is 5.75 Å². The number of aromatic carboxylic acids is 1. The highest BCUT2D eigenvalue weighted by atomic mass is 16.5. The number of benzene rings is 1. The Balaban J connectivity index is 2.05. The van der Waals surface area contributed by atoms with Gasteiger partial charge in [0.1, 0.15) is 17.9 Å². The summed E-state index contributed by atoms with van der Waals surface area (Å²) < 4.78 is 6.71. The molecule has 1 N–H and O–H groups in total. The second-order valence-corrected chi connectivity index (χ2v) is 4.19. The second-order valence-electron chi connectivity index (χ2n) is 4.19. The minimum atomic E-state index is -1.05. The number of aromatic nitrogens is 2. The molecule has 1 heterocycles. The van der Waals surface area contributed by atoms with Crippen LogP contribution in [0.2, 0.25) is 0 Å². The highest BCUT2D eigenvalue weighted by Gasteiger charge is 2.10. The molecule has 6 nitrogen and oxygen atoms in total. The van der Waals surface area contributed by atoms with Crippen LogP contribution in [-0.4, -0.2) is 27.5 Å². The van der Waals surface area contributed by atoms with E-state index in [-0.39, 0.29) is 30.0 Å². The molecule has 6 heteroatoms. The monoisotopic (exact) mass is 274 g/mol. The van der Waals surface area contributed by atoms with E-state index in [1.807, 2.05) is 0 Å². The van der Waals surface area contributed by atoms with Crippen molar-refractivity contribution < 1.29 is 14.6 Å². The van der Waals surface area contributed by atoms with Gasteiger partial charge < -0.3 is 9.84 Å². The molecule has 2 aromatic rings. The summed E-state index contributed by atoms with van der Waals surface area (Å²) in [6, 6.07) is 9.44. The van der Waals surface area contributed by atoms with Gasteiger partial charge in [-0.1, -0.05) is 12.1 Å². The molecule has 0 aliphatic carbocycles. The Morgan fingerprint density at radius 2 is 2.05 bits per heavy atom. The van der Waals surface area contributed by atoms with Gasteiger partial charge in [-0.3, -0.25) is 4.79 Å². The zero-order valence-electron chi connectivity index (χ0n) is 10.9. The van der Waals surface area contributed by atoms with Gasteiger partial charge in [0.2, 0.25) is 0 Å². The summed E-state index contributed by atoms with van der Waals surface area (Å²) in [4.78, 5) is 22.5. The molecule has 1 aromatic carbocycles. The zero-order valence-corrected chi connectivity index (χ0v) is 10.9. The van der Waals surface area contributed by atoms with E-state index in [1.165, 1.54) is 16.8 Å². The molecule has 0 saturated carbocycles. The number of carboxylic acid groups (broad SMARTS) is 1. The Hall–Kier alpha value is -2.63. The second kappa shape index (κ2) is 6.01. The van der Waals surface area contributed by atoms with Crippen molar-refractivity contribution in [2.75, 3.05) is 6.61 Å². The first-order valence-electron chi connectivity index (χ1n) is 6.08. The van der Waals surface area contributed by atoms with E-state index in [4.69, 9.17) is 9.84 Å². The number of ether oxygens (including phenoxy) is 1. The maximum absolute atomic E-state index is 11.5. The number of hydrogen-bond donors (Lipinski definition) is 1. The third-order valence-electron chi connectivity index (χ3n) is 2.68. The van der Waals surface area contributed by atoms with Gasteiger partial charge in [0.25, 0.3) is 5.56 Å². The summed E-state index contributed by atoms with van der Waals surface area (Å²) >= 11 is 0. The molecule has 0 unspecified atom stereocenters. The average molecular weight is 274 g/mol. The first-order chi connectivity index (χ1) is 9.58. The summed E-state index contributed by atoms with van der Waals surface area (Å²) in [5.74, 6) is -0.771. The van der Waals surface area contributed by atoms with E-state index < -0.39 is 5.97 Å². The minimum absolute atomic E-state index is 0.0945. The number of nitrogens with zero attached hydrogens (tertiary/aromatic N) is 2. The molecule has 0 aliphatic heterocycles. The molecule has 0 atom stereocenters. The van der Waals surface area contributed by atoms with Crippen LogP contribution < -0.4 is 10.3 Å². The summed E-state index contributed by atoms with van der Waals surface area (Å²) in [5, 5.41) is 13.1.